The van der Waals surface area contributed by atoms with Crippen molar-refractivity contribution in [2.75, 3.05) is 26.7 Å². The zero-order valence-corrected chi connectivity index (χ0v) is 7.58. The molecule has 2 heteroatoms. The van der Waals surface area contributed by atoms with Crippen molar-refractivity contribution in [1.29, 1.82) is 0 Å². The highest BCUT2D eigenvalue weighted by molar-refractivity contribution is 4.90. The van der Waals surface area contributed by atoms with Crippen molar-refractivity contribution in [3.05, 3.63) is 0 Å². The highest BCUT2D eigenvalue weighted by Gasteiger charge is 2.33. The van der Waals surface area contributed by atoms with Gasteiger partial charge in [0.15, 0.2) is 0 Å². The predicted molar refractivity (Wildman–Crippen MR) is 46.7 cm³/mol. The number of hydrogen-bond acceptors (Lipinski definition) is 2. The molecule has 0 aromatic rings. The van der Waals surface area contributed by atoms with Crippen molar-refractivity contribution in [1.82, 2.24) is 9.80 Å². The van der Waals surface area contributed by atoms with Gasteiger partial charge in [0.25, 0.3) is 0 Å². The van der Waals surface area contributed by atoms with Crippen LogP contribution in [0.3, 0.4) is 0 Å². The van der Waals surface area contributed by atoms with Gasteiger partial charge in [-0.2, -0.15) is 0 Å². The zero-order chi connectivity index (χ0) is 7.84. The maximum atomic E-state index is 2.68. The first kappa shape index (κ1) is 7.56. The summed E-state index contributed by atoms with van der Waals surface area (Å²) in [6, 6.07) is 1.73. The number of hydrogen-bond donors (Lipinski definition) is 0. The van der Waals surface area contributed by atoms with Crippen LogP contribution in [0.2, 0.25) is 0 Å². The fourth-order valence-corrected chi connectivity index (χ4v) is 2.46. The summed E-state index contributed by atoms with van der Waals surface area (Å²) in [7, 11) is 2.24. The van der Waals surface area contributed by atoms with E-state index in [-0.39, 0.29) is 0 Å². The summed E-state index contributed by atoms with van der Waals surface area (Å²) < 4.78 is 0. The molecule has 0 aromatic heterocycles. The molecule has 2 rings (SSSR count). The summed E-state index contributed by atoms with van der Waals surface area (Å²) in [6.45, 7) is 6.22. The summed E-state index contributed by atoms with van der Waals surface area (Å²) in [5.74, 6) is 0. The highest BCUT2D eigenvalue weighted by atomic mass is 15.3. The number of piperazine rings is 1. The average Bonchev–Trinajstić information content (AvgIpc) is 2.32. The van der Waals surface area contributed by atoms with Gasteiger partial charge in [0, 0.05) is 31.7 Å². The van der Waals surface area contributed by atoms with Crippen LogP contribution in [-0.4, -0.2) is 48.6 Å². The molecular weight excluding hydrogens is 136 g/mol. The van der Waals surface area contributed by atoms with Crippen LogP contribution in [0, 0.1) is 0 Å². The number of rotatable bonds is 0. The maximum absolute atomic E-state index is 2.68. The molecule has 0 amide bonds. The van der Waals surface area contributed by atoms with Crippen LogP contribution in [0.15, 0.2) is 0 Å². The molecule has 0 spiro atoms. The van der Waals surface area contributed by atoms with E-state index in [1.807, 2.05) is 0 Å². The predicted octanol–water partition coefficient (Wildman–Crippen LogP) is 0.785. The van der Waals surface area contributed by atoms with E-state index in [4.69, 9.17) is 0 Å². The van der Waals surface area contributed by atoms with Gasteiger partial charge in [-0.15, -0.1) is 0 Å². The molecule has 2 fully saturated rings. The summed E-state index contributed by atoms with van der Waals surface area (Å²) in [5.41, 5.74) is 0. The molecule has 0 saturated carbocycles. The lowest BCUT2D eigenvalue weighted by Gasteiger charge is -2.37. The molecule has 2 aliphatic rings. The molecule has 0 radical (unpaired) electrons. The highest BCUT2D eigenvalue weighted by Crippen LogP contribution is 2.26. The molecule has 11 heavy (non-hydrogen) atoms. The van der Waals surface area contributed by atoms with Crippen molar-refractivity contribution in [3.63, 3.8) is 0 Å². The minimum Gasteiger partial charge on any atom is -0.304 e. The Morgan fingerprint density at radius 2 is 2.00 bits per heavy atom. The van der Waals surface area contributed by atoms with E-state index in [0.717, 1.165) is 12.1 Å². The Balaban J connectivity index is 2.00. The lowest BCUT2D eigenvalue weighted by atomic mass is 10.2. The molecule has 0 bridgehead atoms. The summed E-state index contributed by atoms with van der Waals surface area (Å²) >= 11 is 0. The van der Waals surface area contributed by atoms with Crippen LogP contribution in [-0.2, 0) is 0 Å². The fourth-order valence-electron chi connectivity index (χ4n) is 2.46. The van der Waals surface area contributed by atoms with Crippen LogP contribution in [0.4, 0.5) is 0 Å². The first-order valence-corrected chi connectivity index (χ1v) is 4.71. The molecular formula is C9H18N2. The van der Waals surface area contributed by atoms with Crippen LogP contribution < -0.4 is 0 Å². The van der Waals surface area contributed by atoms with E-state index < -0.39 is 0 Å². The van der Waals surface area contributed by atoms with Gasteiger partial charge in [-0.3, -0.25) is 4.90 Å². The molecule has 2 nitrogen and oxygen atoms in total. The van der Waals surface area contributed by atoms with Crippen molar-refractivity contribution in [2.45, 2.75) is 31.8 Å². The van der Waals surface area contributed by atoms with Crippen molar-refractivity contribution >= 4 is 0 Å². The Kier molecular flexibility index (Phi) is 1.90. The second-order valence-electron chi connectivity index (χ2n) is 4.08. The van der Waals surface area contributed by atoms with E-state index in [2.05, 4.69) is 23.8 Å². The monoisotopic (exact) mass is 154 g/mol. The number of fused-ring (bicyclic) bond motifs is 1. The Hall–Kier alpha value is -0.0800. The van der Waals surface area contributed by atoms with E-state index in [0.29, 0.717) is 0 Å². The number of nitrogens with zero attached hydrogens (tertiary/aromatic N) is 2. The second-order valence-corrected chi connectivity index (χ2v) is 4.08. The van der Waals surface area contributed by atoms with Crippen molar-refractivity contribution in [2.24, 2.45) is 0 Å². The molecule has 0 aromatic carbocycles. The van der Waals surface area contributed by atoms with Gasteiger partial charge in [0.2, 0.25) is 0 Å². The Labute approximate surface area is 69.2 Å². The average molecular weight is 154 g/mol. The van der Waals surface area contributed by atoms with Crippen LogP contribution in [0.5, 0.6) is 0 Å². The van der Waals surface area contributed by atoms with Gasteiger partial charge in [-0.25, -0.2) is 0 Å². The quantitative estimate of drug-likeness (QED) is 0.509. The first-order chi connectivity index (χ1) is 5.27. The summed E-state index contributed by atoms with van der Waals surface area (Å²) in [5, 5.41) is 0. The first-order valence-electron chi connectivity index (χ1n) is 4.71. The second kappa shape index (κ2) is 2.76. The van der Waals surface area contributed by atoms with Crippen LogP contribution >= 0.6 is 0 Å². The molecule has 0 aliphatic carbocycles. The molecule has 0 unspecified atom stereocenters. The normalized spacial score (nSPS) is 40.9. The lowest BCUT2D eigenvalue weighted by molar-refractivity contribution is 0.0993. The van der Waals surface area contributed by atoms with Gasteiger partial charge in [0.1, 0.15) is 0 Å². The fraction of sp³-hybridized carbons (Fsp3) is 1.00. The van der Waals surface area contributed by atoms with Crippen LogP contribution in [0.1, 0.15) is 19.8 Å². The van der Waals surface area contributed by atoms with Crippen LogP contribution in [0.25, 0.3) is 0 Å². The lowest BCUT2D eigenvalue weighted by Crippen LogP contribution is -2.50. The van der Waals surface area contributed by atoms with E-state index in [1.165, 1.54) is 32.5 Å². The molecule has 64 valence electrons. The molecule has 2 aliphatic heterocycles. The molecule has 0 N–H and O–H groups in total. The topological polar surface area (TPSA) is 6.48 Å². The SMILES string of the molecule is C[C@H]1CC[C@H]2CN(C)CCN21. The smallest absolute Gasteiger partial charge is 0.0226 e. The van der Waals surface area contributed by atoms with Crippen molar-refractivity contribution in [3.8, 4) is 0 Å². The standard InChI is InChI=1S/C9H18N2/c1-8-3-4-9-7-10(2)5-6-11(8)9/h8-9H,3-7H2,1-2H3/t8-,9-/m0/s1. The molecule has 2 saturated heterocycles. The Morgan fingerprint density at radius 3 is 2.82 bits per heavy atom. The van der Waals surface area contributed by atoms with Gasteiger partial charge < -0.3 is 4.90 Å². The summed E-state index contributed by atoms with van der Waals surface area (Å²) in [6.07, 6.45) is 2.84. The minimum absolute atomic E-state index is 0.855. The van der Waals surface area contributed by atoms with Gasteiger partial charge in [0.05, 0.1) is 0 Å². The van der Waals surface area contributed by atoms with E-state index >= 15 is 0 Å². The third kappa shape index (κ3) is 1.30. The van der Waals surface area contributed by atoms with Gasteiger partial charge in [-0.1, -0.05) is 0 Å². The molecule has 2 atom stereocenters. The minimum atomic E-state index is 0.855. The van der Waals surface area contributed by atoms with E-state index in [1.54, 1.807) is 0 Å². The third-order valence-electron chi connectivity index (χ3n) is 3.22. The maximum Gasteiger partial charge on any atom is 0.0226 e. The largest absolute Gasteiger partial charge is 0.304 e. The Morgan fingerprint density at radius 1 is 1.18 bits per heavy atom. The van der Waals surface area contributed by atoms with Crippen molar-refractivity contribution < 1.29 is 0 Å². The molecule has 2 heterocycles. The van der Waals surface area contributed by atoms with Gasteiger partial charge in [-0.05, 0) is 26.8 Å². The third-order valence-corrected chi connectivity index (χ3v) is 3.22. The van der Waals surface area contributed by atoms with Gasteiger partial charge >= 0.3 is 0 Å². The zero-order valence-electron chi connectivity index (χ0n) is 7.58. The Bertz CT molecular complexity index is 146. The summed E-state index contributed by atoms with van der Waals surface area (Å²) in [4.78, 5) is 5.14. The number of likely N-dealkylation sites (N-methyl/N-ethyl adjacent to an activating group) is 1. The van der Waals surface area contributed by atoms with E-state index in [9.17, 15) is 0 Å².